The molecule has 0 aromatic carbocycles. The summed E-state index contributed by atoms with van der Waals surface area (Å²) in [6.07, 6.45) is 0.730. The molecule has 1 rings (SSSR count). The Morgan fingerprint density at radius 3 is 3.00 bits per heavy atom. The van der Waals surface area contributed by atoms with Gasteiger partial charge in [0.25, 0.3) is 6.47 Å². The molecule has 0 aliphatic rings. The molecule has 0 radical (unpaired) electrons. The second-order valence-corrected chi connectivity index (χ2v) is 4.19. The standard InChI is InChI=1S/C8H9BrO2S/c1-6-3-12-4-7(6)2-8(9)11-5-10/h3-5,8H,2H2,1H3. The summed E-state index contributed by atoms with van der Waals surface area (Å²) in [5, 5.41) is 3.94. The van der Waals surface area contributed by atoms with Crippen LogP contribution in [0, 0.1) is 6.92 Å². The van der Waals surface area contributed by atoms with Crippen LogP contribution >= 0.6 is 27.3 Å². The maximum Gasteiger partial charge on any atom is 0.294 e. The Labute approximate surface area is 83.7 Å². The highest BCUT2D eigenvalue weighted by atomic mass is 79.9. The van der Waals surface area contributed by atoms with Crippen molar-refractivity contribution >= 4 is 33.7 Å². The van der Waals surface area contributed by atoms with Gasteiger partial charge in [-0.3, -0.25) is 4.79 Å². The zero-order valence-electron chi connectivity index (χ0n) is 6.62. The minimum absolute atomic E-state index is 0.205. The van der Waals surface area contributed by atoms with E-state index in [1.54, 1.807) is 11.3 Å². The highest BCUT2D eigenvalue weighted by Gasteiger charge is 2.07. The summed E-state index contributed by atoms with van der Waals surface area (Å²) in [4.78, 5) is 9.98. The van der Waals surface area contributed by atoms with E-state index in [1.807, 2.05) is 6.92 Å². The predicted octanol–water partition coefficient (Wildman–Crippen LogP) is 2.49. The molecule has 0 N–H and O–H groups in total. The van der Waals surface area contributed by atoms with Crippen LogP contribution in [-0.2, 0) is 16.0 Å². The van der Waals surface area contributed by atoms with Crippen molar-refractivity contribution in [2.75, 3.05) is 0 Å². The van der Waals surface area contributed by atoms with Crippen LogP contribution in [0.1, 0.15) is 11.1 Å². The quantitative estimate of drug-likeness (QED) is 0.605. The van der Waals surface area contributed by atoms with Crippen LogP contribution in [-0.4, -0.2) is 11.5 Å². The van der Waals surface area contributed by atoms with Crippen molar-refractivity contribution in [3.05, 3.63) is 21.9 Å². The van der Waals surface area contributed by atoms with E-state index in [-0.39, 0.29) is 5.01 Å². The fraction of sp³-hybridized carbons (Fsp3) is 0.375. The molecule has 4 heteroatoms. The van der Waals surface area contributed by atoms with Gasteiger partial charge in [-0.25, -0.2) is 0 Å². The van der Waals surface area contributed by atoms with Crippen molar-refractivity contribution in [1.29, 1.82) is 0 Å². The lowest BCUT2D eigenvalue weighted by atomic mass is 10.2. The number of alkyl halides is 1. The van der Waals surface area contributed by atoms with Crippen molar-refractivity contribution in [2.45, 2.75) is 18.4 Å². The Hall–Kier alpha value is -0.350. The first-order chi connectivity index (χ1) is 5.74. The highest BCUT2D eigenvalue weighted by molar-refractivity contribution is 9.09. The van der Waals surface area contributed by atoms with Crippen LogP contribution in [0.4, 0.5) is 0 Å². The summed E-state index contributed by atoms with van der Waals surface area (Å²) < 4.78 is 4.71. The molecule has 1 unspecified atom stereocenters. The van der Waals surface area contributed by atoms with Crippen LogP contribution in [0.5, 0.6) is 0 Å². The summed E-state index contributed by atoms with van der Waals surface area (Å²) in [6, 6.07) is 0. The van der Waals surface area contributed by atoms with Crippen LogP contribution in [0.15, 0.2) is 10.8 Å². The minimum Gasteiger partial charge on any atom is -0.453 e. The zero-order chi connectivity index (χ0) is 8.97. The lowest BCUT2D eigenvalue weighted by Crippen LogP contribution is -2.06. The molecule has 0 saturated heterocycles. The Kier molecular flexibility index (Phi) is 3.75. The molecule has 1 atom stereocenters. The van der Waals surface area contributed by atoms with Gasteiger partial charge in [0.05, 0.1) is 0 Å². The summed E-state index contributed by atoms with van der Waals surface area (Å²) >= 11 is 4.91. The van der Waals surface area contributed by atoms with Gasteiger partial charge in [-0.1, -0.05) is 0 Å². The molecule has 0 fully saturated rings. The molecule has 0 aliphatic carbocycles. The van der Waals surface area contributed by atoms with E-state index < -0.39 is 0 Å². The molecule has 1 heterocycles. The minimum atomic E-state index is -0.205. The summed E-state index contributed by atoms with van der Waals surface area (Å²) in [7, 11) is 0. The maximum atomic E-state index is 9.98. The SMILES string of the molecule is Cc1cscc1CC(Br)OC=O. The molecule has 12 heavy (non-hydrogen) atoms. The third-order valence-corrected chi connectivity index (χ3v) is 3.00. The molecule has 0 bridgehead atoms. The van der Waals surface area contributed by atoms with E-state index in [0.717, 1.165) is 6.42 Å². The first-order valence-corrected chi connectivity index (χ1v) is 5.34. The predicted molar refractivity (Wildman–Crippen MR) is 52.6 cm³/mol. The average Bonchev–Trinajstić information content (AvgIpc) is 2.37. The number of hydrogen-bond donors (Lipinski definition) is 0. The van der Waals surface area contributed by atoms with Gasteiger partial charge in [-0.15, -0.1) is 0 Å². The van der Waals surface area contributed by atoms with Gasteiger partial charge in [-0.2, -0.15) is 11.3 Å². The molecule has 66 valence electrons. The van der Waals surface area contributed by atoms with Gasteiger partial charge in [0, 0.05) is 6.42 Å². The van der Waals surface area contributed by atoms with Crippen molar-refractivity contribution in [3.8, 4) is 0 Å². The molecule has 0 aliphatic heterocycles. The highest BCUT2D eigenvalue weighted by Crippen LogP contribution is 2.18. The van der Waals surface area contributed by atoms with Crippen molar-refractivity contribution < 1.29 is 9.53 Å². The number of carbonyl (C=O) groups excluding carboxylic acids is 1. The number of rotatable bonds is 4. The van der Waals surface area contributed by atoms with Crippen LogP contribution in [0.2, 0.25) is 0 Å². The Bertz CT molecular complexity index is 259. The number of aryl methyl sites for hydroxylation is 1. The number of ether oxygens (including phenoxy) is 1. The molecule has 0 spiro atoms. The normalized spacial score (nSPS) is 12.5. The van der Waals surface area contributed by atoms with Crippen LogP contribution in [0.3, 0.4) is 0 Å². The largest absolute Gasteiger partial charge is 0.453 e. The van der Waals surface area contributed by atoms with E-state index in [1.165, 1.54) is 11.1 Å². The molecule has 0 amide bonds. The Morgan fingerprint density at radius 1 is 1.75 bits per heavy atom. The lowest BCUT2D eigenvalue weighted by molar-refractivity contribution is -0.129. The first kappa shape index (κ1) is 9.74. The van der Waals surface area contributed by atoms with Gasteiger partial charge >= 0.3 is 0 Å². The summed E-state index contributed by atoms with van der Waals surface area (Å²) in [5.41, 5.74) is 2.47. The Morgan fingerprint density at radius 2 is 2.50 bits per heavy atom. The van der Waals surface area contributed by atoms with Crippen molar-refractivity contribution in [1.82, 2.24) is 0 Å². The first-order valence-electron chi connectivity index (χ1n) is 3.49. The number of thiophene rings is 1. The average molecular weight is 249 g/mol. The van der Waals surface area contributed by atoms with E-state index in [9.17, 15) is 4.79 Å². The molecular weight excluding hydrogens is 240 g/mol. The van der Waals surface area contributed by atoms with E-state index in [4.69, 9.17) is 4.74 Å². The summed E-state index contributed by atoms with van der Waals surface area (Å²) in [5.74, 6) is 0. The van der Waals surface area contributed by atoms with Gasteiger partial charge in [-0.05, 0) is 44.7 Å². The third-order valence-electron chi connectivity index (χ3n) is 1.55. The number of hydrogen-bond acceptors (Lipinski definition) is 3. The Balaban J connectivity index is 2.51. The topological polar surface area (TPSA) is 26.3 Å². The smallest absolute Gasteiger partial charge is 0.294 e. The van der Waals surface area contributed by atoms with E-state index in [0.29, 0.717) is 6.47 Å². The lowest BCUT2D eigenvalue weighted by Gasteiger charge is -2.06. The molecule has 1 aromatic rings. The molecule has 1 aromatic heterocycles. The van der Waals surface area contributed by atoms with Crippen LogP contribution < -0.4 is 0 Å². The monoisotopic (exact) mass is 248 g/mol. The van der Waals surface area contributed by atoms with Gasteiger partial charge in [0.15, 0.2) is 5.01 Å². The molecule has 0 saturated carbocycles. The fourth-order valence-corrected chi connectivity index (χ4v) is 2.18. The van der Waals surface area contributed by atoms with Gasteiger partial charge in [0.2, 0.25) is 0 Å². The zero-order valence-corrected chi connectivity index (χ0v) is 9.02. The summed E-state index contributed by atoms with van der Waals surface area (Å²) in [6.45, 7) is 2.51. The second-order valence-electron chi connectivity index (χ2n) is 2.43. The van der Waals surface area contributed by atoms with E-state index in [2.05, 4.69) is 26.7 Å². The fourth-order valence-electron chi connectivity index (χ4n) is 0.877. The van der Waals surface area contributed by atoms with Crippen molar-refractivity contribution in [3.63, 3.8) is 0 Å². The van der Waals surface area contributed by atoms with Gasteiger partial charge < -0.3 is 4.74 Å². The maximum absolute atomic E-state index is 9.98. The van der Waals surface area contributed by atoms with Crippen LogP contribution in [0.25, 0.3) is 0 Å². The second kappa shape index (κ2) is 4.62. The number of halogens is 1. The van der Waals surface area contributed by atoms with Gasteiger partial charge in [0.1, 0.15) is 0 Å². The third kappa shape index (κ3) is 2.60. The van der Waals surface area contributed by atoms with Crippen molar-refractivity contribution in [2.24, 2.45) is 0 Å². The molecule has 2 nitrogen and oxygen atoms in total. The number of carbonyl (C=O) groups is 1. The molecular formula is C8H9BrO2S. The van der Waals surface area contributed by atoms with E-state index >= 15 is 0 Å².